The van der Waals surface area contributed by atoms with Gasteiger partial charge in [-0.1, -0.05) is 60.7 Å². The van der Waals surface area contributed by atoms with Gasteiger partial charge in [-0.15, -0.1) is 0 Å². The Bertz CT molecular complexity index is 616. The van der Waals surface area contributed by atoms with E-state index < -0.39 is 0 Å². The minimum Gasteiger partial charge on any atom is -0.294 e. The first kappa shape index (κ1) is 12.8. The van der Waals surface area contributed by atoms with E-state index in [0.29, 0.717) is 6.42 Å². The van der Waals surface area contributed by atoms with Gasteiger partial charge in [0.1, 0.15) is 0 Å². The number of nitrogens with zero attached hydrogens (tertiary/aromatic N) is 1. The van der Waals surface area contributed by atoms with Gasteiger partial charge in [0.15, 0.2) is 5.78 Å². The molecule has 1 unspecified atom stereocenters. The fourth-order valence-corrected chi connectivity index (χ4v) is 2.61. The van der Waals surface area contributed by atoms with Gasteiger partial charge >= 0.3 is 0 Å². The zero-order valence-electron chi connectivity index (χ0n) is 11.3. The zero-order valence-corrected chi connectivity index (χ0v) is 11.3. The number of carbonyl (C=O) groups is 1. The summed E-state index contributed by atoms with van der Waals surface area (Å²) in [6.07, 6.45) is 2.46. The average Bonchev–Trinajstić information content (AvgIpc) is 2.97. The van der Waals surface area contributed by atoms with Crippen molar-refractivity contribution in [3.05, 3.63) is 71.8 Å². The molecule has 0 saturated carbocycles. The quantitative estimate of drug-likeness (QED) is 0.769. The van der Waals surface area contributed by atoms with E-state index in [2.05, 4.69) is 12.1 Å². The molecule has 0 spiro atoms. The molecule has 0 fully saturated rings. The van der Waals surface area contributed by atoms with E-state index in [1.165, 1.54) is 5.56 Å². The van der Waals surface area contributed by atoms with Gasteiger partial charge in [0, 0.05) is 17.7 Å². The van der Waals surface area contributed by atoms with E-state index in [1.54, 1.807) is 0 Å². The monoisotopic (exact) mass is 263 g/mol. The summed E-state index contributed by atoms with van der Waals surface area (Å²) in [5, 5.41) is 0. The van der Waals surface area contributed by atoms with Crippen molar-refractivity contribution >= 4 is 11.5 Å². The minimum atomic E-state index is 0.137. The molecular weight excluding hydrogens is 246 g/mol. The Morgan fingerprint density at radius 2 is 1.65 bits per heavy atom. The van der Waals surface area contributed by atoms with Crippen LogP contribution >= 0.6 is 0 Å². The Hall–Kier alpha value is -2.22. The van der Waals surface area contributed by atoms with E-state index >= 15 is 0 Å². The van der Waals surface area contributed by atoms with Crippen LogP contribution in [-0.2, 0) is 0 Å². The summed E-state index contributed by atoms with van der Waals surface area (Å²) in [4.78, 5) is 16.9. The van der Waals surface area contributed by atoms with Gasteiger partial charge in [-0.3, -0.25) is 9.79 Å². The van der Waals surface area contributed by atoms with Crippen LogP contribution < -0.4 is 0 Å². The van der Waals surface area contributed by atoms with Crippen LogP contribution in [0.1, 0.15) is 35.2 Å². The molecule has 3 rings (SSSR count). The number of Topliss-reactive ketones (excluding diaryl/α,β-unsaturated/α-hetero) is 1. The van der Waals surface area contributed by atoms with Crippen molar-refractivity contribution in [2.75, 3.05) is 0 Å². The third kappa shape index (κ3) is 2.85. The minimum absolute atomic E-state index is 0.137. The predicted molar refractivity (Wildman–Crippen MR) is 81.4 cm³/mol. The Labute approximate surface area is 119 Å². The van der Waals surface area contributed by atoms with Gasteiger partial charge in [0.05, 0.1) is 6.04 Å². The summed E-state index contributed by atoms with van der Waals surface area (Å²) in [6.45, 7) is 0. The van der Waals surface area contributed by atoms with E-state index in [4.69, 9.17) is 4.99 Å². The van der Waals surface area contributed by atoms with Crippen molar-refractivity contribution in [1.29, 1.82) is 0 Å². The lowest BCUT2D eigenvalue weighted by atomic mass is 10.0. The van der Waals surface area contributed by atoms with E-state index in [0.717, 1.165) is 24.1 Å². The molecule has 0 N–H and O–H groups in total. The molecule has 1 aliphatic heterocycles. The molecule has 20 heavy (non-hydrogen) atoms. The van der Waals surface area contributed by atoms with Crippen LogP contribution in [0.4, 0.5) is 0 Å². The number of hydrogen-bond acceptors (Lipinski definition) is 2. The number of aliphatic imine (C=N–C) groups is 1. The van der Waals surface area contributed by atoms with Crippen LogP contribution in [0.15, 0.2) is 65.7 Å². The van der Waals surface area contributed by atoms with E-state index in [1.807, 2.05) is 48.5 Å². The van der Waals surface area contributed by atoms with Gasteiger partial charge in [-0.25, -0.2) is 0 Å². The summed E-state index contributed by atoms with van der Waals surface area (Å²) in [5.41, 5.74) is 3.11. The van der Waals surface area contributed by atoms with Gasteiger partial charge in [-0.05, 0) is 18.4 Å². The fourth-order valence-electron chi connectivity index (χ4n) is 2.61. The number of benzene rings is 2. The molecule has 1 atom stereocenters. The molecule has 2 heteroatoms. The smallest absolute Gasteiger partial charge is 0.165 e. The van der Waals surface area contributed by atoms with Crippen molar-refractivity contribution in [1.82, 2.24) is 0 Å². The predicted octanol–water partition coefficient (Wildman–Crippen LogP) is 3.91. The molecule has 0 amide bonds. The maximum absolute atomic E-state index is 12.2. The molecule has 2 aromatic rings. The zero-order chi connectivity index (χ0) is 13.8. The number of hydrogen-bond donors (Lipinski definition) is 0. The van der Waals surface area contributed by atoms with E-state index in [-0.39, 0.29) is 11.8 Å². The van der Waals surface area contributed by atoms with Crippen LogP contribution in [0.3, 0.4) is 0 Å². The van der Waals surface area contributed by atoms with Gasteiger partial charge in [0.25, 0.3) is 0 Å². The lowest BCUT2D eigenvalue weighted by molar-refractivity contribution is 0.0975. The SMILES string of the molecule is O=C(CC1CCC(c2ccccc2)=N1)c1ccccc1. The van der Waals surface area contributed by atoms with Crippen molar-refractivity contribution in [3.63, 3.8) is 0 Å². The summed E-state index contributed by atoms with van der Waals surface area (Å²) in [7, 11) is 0. The molecule has 1 aliphatic rings. The number of carbonyl (C=O) groups excluding carboxylic acids is 1. The summed E-state index contributed by atoms with van der Waals surface area (Å²) < 4.78 is 0. The van der Waals surface area contributed by atoms with Gasteiger partial charge in [0.2, 0.25) is 0 Å². The fraction of sp³-hybridized carbons (Fsp3) is 0.222. The second-order valence-corrected chi connectivity index (χ2v) is 5.13. The highest BCUT2D eigenvalue weighted by Crippen LogP contribution is 2.22. The van der Waals surface area contributed by atoms with Crippen LogP contribution in [0.25, 0.3) is 0 Å². The molecule has 0 radical (unpaired) electrons. The molecule has 1 heterocycles. The standard InChI is InChI=1S/C18H17NO/c20-18(15-9-5-2-6-10-15)13-16-11-12-17(19-16)14-7-3-1-4-8-14/h1-10,16H,11-13H2. The molecule has 0 aliphatic carbocycles. The molecule has 0 bridgehead atoms. The van der Waals surface area contributed by atoms with E-state index in [9.17, 15) is 4.79 Å². The Balaban J connectivity index is 1.68. The Morgan fingerprint density at radius 1 is 1.00 bits per heavy atom. The lowest BCUT2D eigenvalue weighted by Gasteiger charge is -2.05. The molecule has 0 saturated heterocycles. The van der Waals surface area contributed by atoms with Crippen molar-refractivity contribution < 1.29 is 4.79 Å². The highest BCUT2D eigenvalue weighted by molar-refractivity contribution is 6.02. The molecule has 2 aromatic carbocycles. The number of ketones is 1. The normalized spacial score (nSPS) is 17.8. The van der Waals surface area contributed by atoms with Crippen molar-refractivity contribution in [2.24, 2.45) is 4.99 Å². The van der Waals surface area contributed by atoms with Crippen LogP contribution in [0.2, 0.25) is 0 Å². The Morgan fingerprint density at radius 3 is 2.35 bits per heavy atom. The second kappa shape index (κ2) is 5.83. The van der Waals surface area contributed by atoms with Gasteiger partial charge in [-0.2, -0.15) is 0 Å². The lowest BCUT2D eigenvalue weighted by Crippen LogP contribution is -2.09. The molecule has 0 aromatic heterocycles. The number of rotatable bonds is 4. The molecular formula is C18H17NO. The summed E-state index contributed by atoms with van der Waals surface area (Å²) in [6, 6.07) is 19.9. The van der Waals surface area contributed by atoms with Crippen molar-refractivity contribution in [2.45, 2.75) is 25.3 Å². The van der Waals surface area contributed by atoms with Crippen LogP contribution in [-0.4, -0.2) is 17.5 Å². The second-order valence-electron chi connectivity index (χ2n) is 5.13. The van der Waals surface area contributed by atoms with Crippen LogP contribution in [0, 0.1) is 0 Å². The maximum Gasteiger partial charge on any atom is 0.165 e. The first-order valence-corrected chi connectivity index (χ1v) is 7.03. The highest BCUT2D eigenvalue weighted by atomic mass is 16.1. The first-order chi connectivity index (χ1) is 9.83. The van der Waals surface area contributed by atoms with Crippen LogP contribution in [0.5, 0.6) is 0 Å². The maximum atomic E-state index is 12.2. The van der Waals surface area contributed by atoms with Gasteiger partial charge < -0.3 is 0 Å². The largest absolute Gasteiger partial charge is 0.294 e. The highest BCUT2D eigenvalue weighted by Gasteiger charge is 2.21. The average molecular weight is 263 g/mol. The first-order valence-electron chi connectivity index (χ1n) is 7.03. The molecule has 2 nitrogen and oxygen atoms in total. The summed E-state index contributed by atoms with van der Waals surface area (Å²) in [5.74, 6) is 0.189. The Kier molecular flexibility index (Phi) is 3.73. The summed E-state index contributed by atoms with van der Waals surface area (Å²) >= 11 is 0. The topological polar surface area (TPSA) is 29.4 Å². The third-order valence-corrected chi connectivity index (χ3v) is 3.68. The third-order valence-electron chi connectivity index (χ3n) is 3.68. The molecule has 100 valence electrons. The van der Waals surface area contributed by atoms with Crippen molar-refractivity contribution in [3.8, 4) is 0 Å².